The van der Waals surface area contributed by atoms with Crippen LogP contribution < -0.4 is 10.6 Å². The Morgan fingerprint density at radius 3 is 2.80 bits per heavy atom. The van der Waals surface area contributed by atoms with Crippen molar-refractivity contribution in [3.8, 4) is 0 Å². The molecule has 0 atom stereocenters. The molecular formula is C16H14N4. The van der Waals surface area contributed by atoms with E-state index < -0.39 is 0 Å². The van der Waals surface area contributed by atoms with Gasteiger partial charge in [-0.25, -0.2) is 0 Å². The van der Waals surface area contributed by atoms with Gasteiger partial charge in [-0.2, -0.15) is 10.2 Å². The van der Waals surface area contributed by atoms with Crippen molar-refractivity contribution >= 4 is 22.3 Å². The number of rotatable bonds is 1. The second kappa shape index (κ2) is 4.20. The number of nitrogens with two attached hydrogens (primary N) is 1. The van der Waals surface area contributed by atoms with Gasteiger partial charge in [0, 0.05) is 24.2 Å². The van der Waals surface area contributed by atoms with E-state index in [1.165, 1.54) is 11.1 Å². The van der Waals surface area contributed by atoms with Gasteiger partial charge in [-0.3, -0.25) is 0 Å². The molecule has 4 rings (SSSR count). The maximum Gasteiger partial charge on any atom is 0.0950 e. The predicted molar refractivity (Wildman–Crippen MR) is 80.3 cm³/mol. The van der Waals surface area contributed by atoms with Crippen LogP contribution in [-0.4, -0.2) is 10.2 Å². The van der Waals surface area contributed by atoms with E-state index >= 15 is 0 Å². The summed E-state index contributed by atoms with van der Waals surface area (Å²) < 4.78 is 0. The normalized spacial score (nSPS) is 13.7. The minimum Gasteiger partial charge on any atom is -0.399 e. The molecule has 0 fully saturated rings. The minimum atomic E-state index is 0.823. The van der Waals surface area contributed by atoms with Crippen molar-refractivity contribution in [3.63, 3.8) is 0 Å². The first-order valence-corrected chi connectivity index (χ1v) is 6.64. The van der Waals surface area contributed by atoms with Gasteiger partial charge in [0.25, 0.3) is 0 Å². The molecule has 0 unspecified atom stereocenters. The van der Waals surface area contributed by atoms with Crippen LogP contribution in [0.5, 0.6) is 0 Å². The van der Waals surface area contributed by atoms with Gasteiger partial charge in [-0.1, -0.05) is 24.3 Å². The SMILES string of the molecule is Nc1ccc2c(c1)CN(c1cnnc3ccccc13)C2. The van der Waals surface area contributed by atoms with E-state index in [9.17, 15) is 0 Å². The highest BCUT2D eigenvalue weighted by molar-refractivity contribution is 5.91. The Balaban J connectivity index is 1.79. The van der Waals surface area contributed by atoms with Crippen molar-refractivity contribution in [1.82, 2.24) is 10.2 Å². The highest BCUT2D eigenvalue weighted by Gasteiger charge is 2.21. The summed E-state index contributed by atoms with van der Waals surface area (Å²) >= 11 is 0. The molecule has 1 aliphatic heterocycles. The summed E-state index contributed by atoms with van der Waals surface area (Å²) in [5.74, 6) is 0. The van der Waals surface area contributed by atoms with Gasteiger partial charge < -0.3 is 10.6 Å². The lowest BCUT2D eigenvalue weighted by Crippen LogP contribution is -2.15. The molecule has 0 amide bonds. The summed E-state index contributed by atoms with van der Waals surface area (Å²) in [4.78, 5) is 2.32. The van der Waals surface area contributed by atoms with E-state index in [0.717, 1.165) is 35.4 Å². The van der Waals surface area contributed by atoms with Crippen molar-refractivity contribution in [3.05, 3.63) is 59.8 Å². The first kappa shape index (κ1) is 11.2. The van der Waals surface area contributed by atoms with E-state index in [0.29, 0.717) is 0 Å². The number of benzene rings is 2. The highest BCUT2D eigenvalue weighted by atomic mass is 15.2. The number of nitrogen functional groups attached to an aromatic ring is 1. The van der Waals surface area contributed by atoms with E-state index in [1.54, 1.807) is 0 Å². The van der Waals surface area contributed by atoms with Gasteiger partial charge in [0.1, 0.15) is 0 Å². The quantitative estimate of drug-likeness (QED) is 0.685. The zero-order valence-corrected chi connectivity index (χ0v) is 11.0. The maximum atomic E-state index is 5.86. The van der Waals surface area contributed by atoms with Crippen molar-refractivity contribution in [2.75, 3.05) is 10.6 Å². The average molecular weight is 262 g/mol. The van der Waals surface area contributed by atoms with Gasteiger partial charge >= 0.3 is 0 Å². The number of aromatic nitrogens is 2. The van der Waals surface area contributed by atoms with Gasteiger partial charge in [0.15, 0.2) is 0 Å². The Morgan fingerprint density at radius 2 is 1.85 bits per heavy atom. The zero-order valence-electron chi connectivity index (χ0n) is 11.0. The Bertz CT molecular complexity index is 792. The summed E-state index contributed by atoms with van der Waals surface area (Å²) in [6, 6.07) is 14.2. The smallest absolute Gasteiger partial charge is 0.0950 e. The molecule has 4 nitrogen and oxygen atoms in total. The largest absolute Gasteiger partial charge is 0.399 e. The summed E-state index contributed by atoms with van der Waals surface area (Å²) in [5.41, 5.74) is 11.4. The van der Waals surface area contributed by atoms with Crippen LogP contribution >= 0.6 is 0 Å². The third kappa shape index (κ3) is 1.69. The van der Waals surface area contributed by atoms with Crippen LogP contribution in [0.4, 0.5) is 11.4 Å². The Morgan fingerprint density at radius 1 is 1.00 bits per heavy atom. The topological polar surface area (TPSA) is 55.0 Å². The van der Waals surface area contributed by atoms with Crippen LogP contribution in [0.1, 0.15) is 11.1 Å². The van der Waals surface area contributed by atoms with Gasteiger partial charge in [-0.05, 0) is 29.3 Å². The molecule has 2 aromatic carbocycles. The van der Waals surface area contributed by atoms with Crippen LogP contribution in [-0.2, 0) is 13.1 Å². The lowest BCUT2D eigenvalue weighted by atomic mass is 10.1. The van der Waals surface area contributed by atoms with Gasteiger partial charge in [-0.15, -0.1) is 0 Å². The maximum absolute atomic E-state index is 5.86. The fourth-order valence-electron chi connectivity index (χ4n) is 2.83. The lowest BCUT2D eigenvalue weighted by molar-refractivity contribution is 0.875. The molecule has 4 heteroatoms. The van der Waals surface area contributed by atoms with Crippen LogP contribution in [0, 0.1) is 0 Å². The molecule has 0 saturated heterocycles. The van der Waals surface area contributed by atoms with E-state index in [2.05, 4.69) is 33.3 Å². The third-order valence-corrected chi connectivity index (χ3v) is 3.82. The molecule has 3 aromatic rings. The van der Waals surface area contributed by atoms with E-state index in [4.69, 9.17) is 5.73 Å². The molecular weight excluding hydrogens is 248 g/mol. The van der Waals surface area contributed by atoms with Crippen molar-refractivity contribution in [2.24, 2.45) is 0 Å². The molecule has 98 valence electrons. The number of fused-ring (bicyclic) bond motifs is 2. The van der Waals surface area contributed by atoms with Crippen LogP contribution in [0.25, 0.3) is 10.9 Å². The zero-order chi connectivity index (χ0) is 13.5. The summed E-state index contributed by atoms with van der Waals surface area (Å²) in [5, 5.41) is 9.44. The van der Waals surface area contributed by atoms with Crippen molar-refractivity contribution in [1.29, 1.82) is 0 Å². The molecule has 1 aliphatic rings. The van der Waals surface area contributed by atoms with Crippen molar-refractivity contribution < 1.29 is 0 Å². The lowest BCUT2D eigenvalue weighted by Gasteiger charge is -2.18. The number of hydrogen-bond acceptors (Lipinski definition) is 4. The number of anilines is 2. The molecule has 0 bridgehead atoms. The van der Waals surface area contributed by atoms with Crippen LogP contribution in [0.15, 0.2) is 48.7 Å². The highest BCUT2D eigenvalue weighted by Crippen LogP contribution is 2.32. The minimum absolute atomic E-state index is 0.823. The molecule has 2 N–H and O–H groups in total. The first-order chi connectivity index (χ1) is 9.81. The molecule has 1 aromatic heterocycles. The molecule has 0 aliphatic carbocycles. The van der Waals surface area contributed by atoms with E-state index in [1.807, 2.05) is 30.5 Å². The standard InChI is InChI=1S/C16H14N4/c17-13-6-5-11-9-20(10-12(11)7-13)16-8-18-19-15-4-2-1-3-14(15)16/h1-8H,9-10,17H2. The molecule has 2 heterocycles. The monoisotopic (exact) mass is 262 g/mol. The summed E-state index contributed by atoms with van der Waals surface area (Å²) in [7, 11) is 0. The molecule has 0 spiro atoms. The van der Waals surface area contributed by atoms with E-state index in [-0.39, 0.29) is 0 Å². The second-order valence-electron chi connectivity index (χ2n) is 5.13. The number of hydrogen-bond donors (Lipinski definition) is 1. The van der Waals surface area contributed by atoms with Crippen LogP contribution in [0.2, 0.25) is 0 Å². The number of nitrogens with zero attached hydrogens (tertiary/aromatic N) is 3. The van der Waals surface area contributed by atoms with Crippen LogP contribution in [0.3, 0.4) is 0 Å². The van der Waals surface area contributed by atoms with Crippen molar-refractivity contribution in [2.45, 2.75) is 13.1 Å². The average Bonchev–Trinajstić information content (AvgIpc) is 2.89. The Hall–Kier alpha value is -2.62. The molecule has 0 radical (unpaired) electrons. The summed E-state index contributed by atoms with van der Waals surface area (Å²) in [6.07, 6.45) is 1.84. The second-order valence-corrected chi connectivity index (χ2v) is 5.13. The van der Waals surface area contributed by atoms with Gasteiger partial charge in [0.05, 0.1) is 17.4 Å². The Labute approximate surface area is 116 Å². The first-order valence-electron chi connectivity index (χ1n) is 6.64. The Kier molecular flexibility index (Phi) is 2.36. The fourth-order valence-corrected chi connectivity index (χ4v) is 2.83. The molecule has 0 saturated carbocycles. The van der Waals surface area contributed by atoms with Gasteiger partial charge in [0.2, 0.25) is 0 Å². The molecule has 20 heavy (non-hydrogen) atoms. The third-order valence-electron chi connectivity index (χ3n) is 3.82. The summed E-state index contributed by atoms with van der Waals surface area (Å²) in [6.45, 7) is 1.77. The predicted octanol–water partition coefficient (Wildman–Crippen LogP) is 2.73. The fraction of sp³-hybridized carbons (Fsp3) is 0.125.